The lowest BCUT2D eigenvalue weighted by Crippen LogP contribution is -2.38. The van der Waals surface area contributed by atoms with Crippen LogP contribution in [0, 0.1) is 0 Å². The zero-order valence-electron chi connectivity index (χ0n) is 13.4. The van der Waals surface area contributed by atoms with Crippen LogP contribution in [0.3, 0.4) is 0 Å². The van der Waals surface area contributed by atoms with Crippen LogP contribution in [0.4, 0.5) is 0 Å². The summed E-state index contributed by atoms with van der Waals surface area (Å²) >= 11 is 7.77. The largest absolute Gasteiger partial charge is 0.341 e. The van der Waals surface area contributed by atoms with Crippen molar-refractivity contribution in [1.82, 2.24) is 14.8 Å². The second-order valence-corrected chi connectivity index (χ2v) is 8.67. The third-order valence-corrected chi connectivity index (χ3v) is 5.14. The van der Waals surface area contributed by atoms with E-state index in [2.05, 4.69) is 30.9 Å². The van der Waals surface area contributed by atoms with E-state index in [1.807, 2.05) is 24.3 Å². The zero-order chi connectivity index (χ0) is 16.5. The Bertz CT molecular complexity index is 634. The number of hydrogen-bond acceptors (Lipinski definition) is 5. The monoisotopic (exact) mass is 353 g/mol. The van der Waals surface area contributed by atoms with E-state index in [1.54, 1.807) is 22.8 Å². The topological polar surface area (TPSA) is 49.2 Å². The van der Waals surface area contributed by atoms with Crippen LogP contribution in [0.25, 0.3) is 0 Å². The van der Waals surface area contributed by atoms with Crippen molar-refractivity contribution in [1.29, 1.82) is 0 Å². The molecule has 1 aromatic heterocycles. The summed E-state index contributed by atoms with van der Waals surface area (Å²) in [6.45, 7) is 7.56. The molecule has 0 amide bonds. The maximum atomic E-state index is 6.12. The maximum Gasteiger partial charge on any atom is 0.228 e. The molecule has 1 saturated heterocycles. The maximum absolute atomic E-state index is 6.12. The van der Waals surface area contributed by atoms with Gasteiger partial charge in [0.05, 0.1) is 13.2 Å². The van der Waals surface area contributed by atoms with Gasteiger partial charge in [0, 0.05) is 15.3 Å². The molecule has 1 aliphatic heterocycles. The minimum atomic E-state index is -0.907. The molecule has 124 valence electrons. The van der Waals surface area contributed by atoms with Gasteiger partial charge in [0.1, 0.15) is 12.7 Å². The van der Waals surface area contributed by atoms with E-state index in [0.29, 0.717) is 18.2 Å². The van der Waals surface area contributed by atoms with Gasteiger partial charge in [-0.2, -0.15) is 5.10 Å². The average molecular weight is 354 g/mol. The van der Waals surface area contributed by atoms with Gasteiger partial charge in [0.25, 0.3) is 0 Å². The van der Waals surface area contributed by atoms with E-state index < -0.39 is 5.79 Å². The number of rotatable bonds is 4. The molecule has 7 heteroatoms. The van der Waals surface area contributed by atoms with E-state index >= 15 is 0 Å². The molecule has 2 aromatic rings. The third kappa shape index (κ3) is 3.55. The van der Waals surface area contributed by atoms with E-state index in [4.69, 9.17) is 21.1 Å². The highest BCUT2D eigenvalue weighted by Gasteiger charge is 2.49. The Morgan fingerprint density at radius 3 is 2.39 bits per heavy atom. The number of aromatic nitrogens is 3. The third-order valence-electron chi connectivity index (χ3n) is 3.43. The van der Waals surface area contributed by atoms with Crippen molar-refractivity contribution >= 4 is 23.4 Å². The van der Waals surface area contributed by atoms with Gasteiger partial charge in [-0.1, -0.05) is 44.5 Å². The molecule has 0 spiro atoms. The van der Waals surface area contributed by atoms with Gasteiger partial charge in [-0.05, 0) is 12.1 Å². The van der Waals surface area contributed by atoms with Crippen molar-refractivity contribution in [3.8, 4) is 0 Å². The summed E-state index contributed by atoms with van der Waals surface area (Å²) in [6, 6.07) is 7.59. The molecule has 1 fully saturated rings. The highest BCUT2D eigenvalue weighted by molar-refractivity contribution is 8.00. The molecule has 0 bridgehead atoms. The molecule has 0 aliphatic carbocycles. The van der Waals surface area contributed by atoms with Crippen LogP contribution in [-0.2, 0) is 15.3 Å². The molecule has 1 unspecified atom stereocenters. The SMILES string of the molecule is CC(C)(C)SC(n1cncn1)C1(c2ccc(Cl)cc2)OCCO1. The Morgan fingerprint density at radius 2 is 1.87 bits per heavy atom. The highest BCUT2D eigenvalue weighted by Crippen LogP contribution is 2.50. The van der Waals surface area contributed by atoms with E-state index in [1.165, 1.54) is 6.33 Å². The van der Waals surface area contributed by atoms with Gasteiger partial charge < -0.3 is 9.47 Å². The van der Waals surface area contributed by atoms with Crippen molar-refractivity contribution in [3.05, 3.63) is 47.5 Å². The molecular weight excluding hydrogens is 334 g/mol. The Morgan fingerprint density at radius 1 is 1.22 bits per heavy atom. The predicted molar refractivity (Wildman–Crippen MR) is 91.4 cm³/mol. The summed E-state index contributed by atoms with van der Waals surface area (Å²) in [5, 5.41) is 4.81. The number of halogens is 1. The highest BCUT2D eigenvalue weighted by atomic mass is 35.5. The molecule has 1 atom stereocenters. The van der Waals surface area contributed by atoms with Gasteiger partial charge in [-0.15, -0.1) is 11.8 Å². The lowest BCUT2D eigenvalue weighted by Gasteiger charge is -2.38. The predicted octanol–water partition coefficient (Wildman–Crippen LogP) is 3.86. The summed E-state index contributed by atoms with van der Waals surface area (Å²) in [4.78, 5) is 4.09. The number of thioether (sulfide) groups is 1. The minimum Gasteiger partial charge on any atom is -0.341 e. The van der Waals surface area contributed by atoms with Gasteiger partial charge >= 0.3 is 0 Å². The minimum absolute atomic E-state index is 0.00858. The molecular formula is C16H20ClN3O2S. The van der Waals surface area contributed by atoms with Gasteiger partial charge in [-0.25, -0.2) is 9.67 Å². The summed E-state index contributed by atoms with van der Waals surface area (Å²) < 4.78 is 14.0. The fraction of sp³-hybridized carbons (Fsp3) is 0.500. The van der Waals surface area contributed by atoms with Crippen molar-refractivity contribution in [2.24, 2.45) is 0 Å². The first kappa shape index (κ1) is 16.8. The fourth-order valence-corrected chi connectivity index (χ4v) is 3.98. The van der Waals surface area contributed by atoms with E-state index in [9.17, 15) is 0 Å². The number of nitrogens with zero attached hydrogens (tertiary/aromatic N) is 3. The normalized spacial score (nSPS) is 19.0. The van der Waals surface area contributed by atoms with Crippen molar-refractivity contribution in [2.75, 3.05) is 13.2 Å². The lowest BCUT2D eigenvalue weighted by molar-refractivity contribution is -0.180. The summed E-state index contributed by atoms with van der Waals surface area (Å²) in [6.07, 6.45) is 3.23. The van der Waals surface area contributed by atoms with E-state index in [-0.39, 0.29) is 10.1 Å². The van der Waals surface area contributed by atoms with Crippen LogP contribution in [0.1, 0.15) is 31.7 Å². The van der Waals surface area contributed by atoms with Crippen LogP contribution >= 0.6 is 23.4 Å². The smallest absolute Gasteiger partial charge is 0.228 e. The molecule has 2 heterocycles. The van der Waals surface area contributed by atoms with Crippen molar-refractivity contribution in [2.45, 2.75) is 36.7 Å². The Balaban J connectivity index is 2.07. The standard InChI is InChI=1S/C16H20ClN3O2S/c1-15(2,3)23-14(20-11-18-10-19-20)16(21-8-9-22-16)12-4-6-13(17)7-5-12/h4-7,10-11,14H,8-9H2,1-3H3. The molecule has 0 saturated carbocycles. The first-order chi connectivity index (χ1) is 10.9. The second-order valence-electron chi connectivity index (χ2n) is 6.33. The summed E-state index contributed by atoms with van der Waals surface area (Å²) in [5.74, 6) is -0.907. The second kappa shape index (κ2) is 6.43. The van der Waals surface area contributed by atoms with Gasteiger partial charge in [0.15, 0.2) is 5.37 Å². The summed E-state index contributed by atoms with van der Waals surface area (Å²) in [5.41, 5.74) is 0.927. The molecule has 5 nitrogen and oxygen atoms in total. The summed E-state index contributed by atoms with van der Waals surface area (Å²) in [7, 11) is 0. The van der Waals surface area contributed by atoms with Crippen molar-refractivity contribution in [3.63, 3.8) is 0 Å². The van der Waals surface area contributed by atoms with Crippen LogP contribution in [-0.4, -0.2) is 32.7 Å². The van der Waals surface area contributed by atoms with Crippen molar-refractivity contribution < 1.29 is 9.47 Å². The Labute approximate surface area is 145 Å². The fourth-order valence-electron chi connectivity index (χ4n) is 2.54. The first-order valence-corrected chi connectivity index (χ1v) is 8.72. The molecule has 3 rings (SSSR count). The molecule has 23 heavy (non-hydrogen) atoms. The molecule has 1 aliphatic rings. The quantitative estimate of drug-likeness (QED) is 0.835. The lowest BCUT2D eigenvalue weighted by atomic mass is 10.1. The number of ether oxygens (including phenoxy) is 2. The van der Waals surface area contributed by atoms with Crippen LogP contribution in [0.15, 0.2) is 36.9 Å². The number of hydrogen-bond donors (Lipinski definition) is 0. The number of benzene rings is 1. The van der Waals surface area contributed by atoms with E-state index in [0.717, 1.165) is 5.56 Å². The Hall–Kier alpha value is -1.08. The van der Waals surface area contributed by atoms with Gasteiger partial charge in [0.2, 0.25) is 5.79 Å². The first-order valence-electron chi connectivity index (χ1n) is 7.47. The van der Waals surface area contributed by atoms with Crippen LogP contribution < -0.4 is 0 Å². The molecule has 0 N–H and O–H groups in total. The van der Waals surface area contributed by atoms with Crippen LogP contribution in [0.5, 0.6) is 0 Å². The average Bonchev–Trinajstić information content (AvgIpc) is 3.17. The van der Waals surface area contributed by atoms with Crippen LogP contribution in [0.2, 0.25) is 5.02 Å². The van der Waals surface area contributed by atoms with Gasteiger partial charge in [-0.3, -0.25) is 0 Å². The Kier molecular flexibility index (Phi) is 4.69. The molecule has 0 radical (unpaired) electrons. The molecule has 1 aromatic carbocycles. The zero-order valence-corrected chi connectivity index (χ0v) is 15.0.